The highest BCUT2D eigenvalue weighted by molar-refractivity contribution is 5.83. The van der Waals surface area contributed by atoms with Crippen LogP contribution in [0.2, 0.25) is 0 Å². The van der Waals surface area contributed by atoms with E-state index in [1.54, 1.807) is 0 Å². The zero-order valence-corrected chi connectivity index (χ0v) is 15.0. The van der Waals surface area contributed by atoms with Crippen LogP contribution in [0.4, 0.5) is 0 Å². The first-order valence-electron chi connectivity index (χ1n) is 8.17. The normalized spacial score (nSPS) is 27.8. The fourth-order valence-electron chi connectivity index (χ4n) is 3.12. The predicted molar refractivity (Wildman–Crippen MR) is 89.1 cm³/mol. The topological polar surface area (TPSA) is 58.4 Å². The Labute approximate surface area is 130 Å². The Kier molecular flexibility index (Phi) is 5.49. The maximum Gasteiger partial charge on any atom is 0.227 e. The van der Waals surface area contributed by atoms with Crippen molar-refractivity contribution >= 4 is 5.91 Å². The van der Waals surface area contributed by atoms with Crippen LogP contribution >= 0.6 is 0 Å². The fraction of sp³-hybridized carbons (Fsp3) is 0.941. The second-order valence-corrected chi connectivity index (χ2v) is 8.35. The van der Waals surface area contributed by atoms with Crippen molar-refractivity contribution in [3.63, 3.8) is 0 Å². The van der Waals surface area contributed by atoms with E-state index in [-0.39, 0.29) is 11.4 Å². The fourth-order valence-corrected chi connectivity index (χ4v) is 3.12. The third kappa shape index (κ3) is 3.98. The molecule has 2 unspecified atom stereocenters. The number of carbonyl (C=O) groups is 1. The molecule has 1 aliphatic carbocycles. The van der Waals surface area contributed by atoms with Crippen LogP contribution in [-0.2, 0) is 4.79 Å². The molecule has 21 heavy (non-hydrogen) atoms. The highest BCUT2D eigenvalue weighted by Crippen LogP contribution is 2.36. The van der Waals surface area contributed by atoms with Crippen LogP contribution in [0.15, 0.2) is 0 Å². The summed E-state index contributed by atoms with van der Waals surface area (Å²) in [6.07, 6.45) is 4.83. The molecule has 0 spiro atoms. The van der Waals surface area contributed by atoms with Gasteiger partial charge in [-0.2, -0.15) is 0 Å². The van der Waals surface area contributed by atoms with Gasteiger partial charge >= 0.3 is 0 Å². The predicted octanol–water partition coefficient (Wildman–Crippen LogP) is 2.38. The molecular weight excluding hydrogens is 262 g/mol. The highest BCUT2D eigenvalue weighted by Gasteiger charge is 2.42. The van der Waals surface area contributed by atoms with Gasteiger partial charge < -0.3 is 16.0 Å². The van der Waals surface area contributed by atoms with Crippen LogP contribution in [0.3, 0.4) is 0 Å². The van der Waals surface area contributed by atoms with Crippen LogP contribution in [0.25, 0.3) is 0 Å². The van der Waals surface area contributed by atoms with Gasteiger partial charge in [-0.1, -0.05) is 19.8 Å². The lowest BCUT2D eigenvalue weighted by Crippen LogP contribution is -2.60. The number of hydrogen-bond donors (Lipinski definition) is 2. The monoisotopic (exact) mass is 297 g/mol. The summed E-state index contributed by atoms with van der Waals surface area (Å²) in [5, 5.41) is 3.18. The summed E-state index contributed by atoms with van der Waals surface area (Å²) >= 11 is 0. The summed E-state index contributed by atoms with van der Waals surface area (Å²) in [4.78, 5) is 14.9. The molecule has 0 radical (unpaired) electrons. The average Bonchev–Trinajstić information content (AvgIpc) is 2.34. The molecule has 1 saturated carbocycles. The summed E-state index contributed by atoms with van der Waals surface area (Å²) in [5.41, 5.74) is 5.13. The van der Waals surface area contributed by atoms with Gasteiger partial charge in [-0.3, -0.25) is 4.79 Å². The Morgan fingerprint density at radius 1 is 1.33 bits per heavy atom. The van der Waals surface area contributed by atoms with Crippen LogP contribution < -0.4 is 11.1 Å². The molecule has 0 saturated heterocycles. The summed E-state index contributed by atoms with van der Waals surface area (Å²) in [6, 6.07) is 0. The first-order chi connectivity index (χ1) is 9.42. The molecule has 0 aromatic rings. The largest absolute Gasteiger partial charge is 0.354 e. The van der Waals surface area contributed by atoms with E-state index in [1.165, 1.54) is 12.8 Å². The molecule has 2 atom stereocenters. The third-order valence-electron chi connectivity index (χ3n) is 5.77. The van der Waals surface area contributed by atoms with E-state index in [4.69, 9.17) is 5.73 Å². The van der Waals surface area contributed by atoms with E-state index in [9.17, 15) is 4.79 Å². The van der Waals surface area contributed by atoms with Crippen molar-refractivity contribution < 1.29 is 4.79 Å². The number of rotatable bonds is 5. The number of nitrogens with zero attached hydrogens (tertiary/aromatic N) is 1. The average molecular weight is 297 g/mol. The molecule has 4 nitrogen and oxygen atoms in total. The molecule has 0 aromatic heterocycles. The molecule has 0 aliphatic heterocycles. The summed E-state index contributed by atoms with van der Waals surface area (Å²) in [7, 11) is 4.25. The number of likely N-dealkylation sites (N-methyl/N-ethyl adjacent to an activating group) is 1. The lowest BCUT2D eigenvalue weighted by molar-refractivity contribution is -0.133. The maximum absolute atomic E-state index is 12.6. The molecule has 1 rings (SSSR count). The quantitative estimate of drug-likeness (QED) is 0.819. The minimum atomic E-state index is -0.583. The molecule has 0 aromatic carbocycles. The Bertz CT molecular complexity index is 371. The second kappa shape index (κ2) is 6.25. The van der Waals surface area contributed by atoms with Gasteiger partial charge in [0.25, 0.3) is 0 Å². The number of hydrogen-bond acceptors (Lipinski definition) is 3. The SMILES string of the molecule is CC1CCCC(CNC(=O)C(C)(C)C(C)(C)N)(N(C)C)C1. The first kappa shape index (κ1) is 18.4. The van der Waals surface area contributed by atoms with Crippen molar-refractivity contribution in [2.24, 2.45) is 17.1 Å². The van der Waals surface area contributed by atoms with E-state index in [0.717, 1.165) is 18.8 Å². The third-order valence-corrected chi connectivity index (χ3v) is 5.77. The van der Waals surface area contributed by atoms with E-state index in [2.05, 4.69) is 31.2 Å². The standard InChI is InChI=1S/C17H35N3O/c1-13-9-8-10-17(11-13,20(6)7)12-19-14(21)15(2,3)16(4,5)18/h13H,8-12,18H2,1-7H3,(H,19,21). The van der Waals surface area contributed by atoms with E-state index < -0.39 is 11.0 Å². The van der Waals surface area contributed by atoms with Crippen LogP contribution in [-0.4, -0.2) is 42.5 Å². The summed E-state index contributed by atoms with van der Waals surface area (Å²) < 4.78 is 0. The molecular formula is C17H35N3O. The van der Waals surface area contributed by atoms with Crippen molar-refractivity contribution in [1.29, 1.82) is 0 Å². The van der Waals surface area contributed by atoms with Crippen LogP contribution in [0.1, 0.15) is 60.3 Å². The van der Waals surface area contributed by atoms with Gasteiger partial charge in [-0.05, 0) is 60.5 Å². The number of nitrogens with two attached hydrogens (primary N) is 1. The molecule has 0 bridgehead atoms. The number of carbonyl (C=O) groups excluding carboxylic acids is 1. The van der Waals surface area contributed by atoms with E-state index in [1.807, 2.05) is 27.7 Å². The summed E-state index contributed by atoms with van der Waals surface area (Å²) in [6.45, 7) is 10.7. The minimum absolute atomic E-state index is 0.0504. The van der Waals surface area contributed by atoms with Crippen molar-refractivity contribution in [2.75, 3.05) is 20.6 Å². The zero-order chi connectivity index (χ0) is 16.5. The van der Waals surface area contributed by atoms with Crippen molar-refractivity contribution in [3.05, 3.63) is 0 Å². The first-order valence-corrected chi connectivity index (χ1v) is 8.17. The number of amides is 1. The molecule has 4 heteroatoms. The van der Waals surface area contributed by atoms with Crippen LogP contribution in [0.5, 0.6) is 0 Å². The van der Waals surface area contributed by atoms with Crippen LogP contribution in [0, 0.1) is 11.3 Å². The van der Waals surface area contributed by atoms with Gasteiger partial charge in [-0.15, -0.1) is 0 Å². The van der Waals surface area contributed by atoms with E-state index in [0.29, 0.717) is 6.54 Å². The van der Waals surface area contributed by atoms with Crippen molar-refractivity contribution in [1.82, 2.24) is 10.2 Å². The Hall–Kier alpha value is -0.610. The second-order valence-electron chi connectivity index (χ2n) is 8.35. The zero-order valence-electron chi connectivity index (χ0n) is 15.0. The lowest BCUT2D eigenvalue weighted by Gasteiger charge is -2.46. The molecule has 3 N–H and O–H groups in total. The van der Waals surface area contributed by atoms with E-state index >= 15 is 0 Å². The molecule has 1 aliphatic rings. The van der Waals surface area contributed by atoms with Gasteiger partial charge in [0.1, 0.15) is 0 Å². The molecule has 1 amide bonds. The van der Waals surface area contributed by atoms with Gasteiger partial charge in [0, 0.05) is 17.6 Å². The van der Waals surface area contributed by atoms with Crippen molar-refractivity contribution in [2.45, 2.75) is 71.4 Å². The smallest absolute Gasteiger partial charge is 0.227 e. The Morgan fingerprint density at radius 3 is 2.33 bits per heavy atom. The lowest BCUT2D eigenvalue weighted by atomic mass is 9.73. The van der Waals surface area contributed by atoms with Gasteiger partial charge in [0.2, 0.25) is 5.91 Å². The minimum Gasteiger partial charge on any atom is -0.354 e. The van der Waals surface area contributed by atoms with Gasteiger partial charge in [0.15, 0.2) is 0 Å². The molecule has 1 fully saturated rings. The van der Waals surface area contributed by atoms with Crippen molar-refractivity contribution in [3.8, 4) is 0 Å². The maximum atomic E-state index is 12.6. The van der Waals surface area contributed by atoms with Gasteiger partial charge in [0.05, 0.1) is 5.41 Å². The Balaban J connectivity index is 2.77. The Morgan fingerprint density at radius 2 is 1.90 bits per heavy atom. The number of nitrogens with one attached hydrogen (secondary N) is 1. The summed E-state index contributed by atoms with van der Waals surface area (Å²) in [5.74, 6) is 0.770. The molecule has 0 heterocycles. The highest BCUT2D eigenvalue weighted by atomic mass is 16.2. The molecule has 124 valence electrons. The van der Waals surface area contributed by atoms with Gasteiger partial charge in [-0.25, -0.2) is 0 Å².